The zero-order valence-corrected chi connectivity index (χ0v) is 13.1. The Morgan fingerprint density at radius 3 is 2.60 bits per heavy atom. The number of rotatable bonds is 3. The first-order valence-electron chi connectivity index (χ1n) is 6.88. The summed E-state index contributed by atoms with van der Waals surface area (Å²) in [4.78, 5) is 9.24. The molecule has 0 spiro atoms. The molecule has 2 aromatic rings. The fraction of sp³-hybridized carbons (Fsp3) is 0.400. The number of thiazole rings is 1. The van der Waals surface area contributed by atoms with E-state index in [0.29, 0.717) is 6.04 Å². The summed E-state index contributed by atoms with van der Waals surface area (Å²) in [6.45, 7) is 6.39. The molecule has 0 amide bonds. The lowest BCUT2D eigenvalue weighted by Gasteiger charge is -2.38. The van der Waals surface area contributed by atoms with Crippen LogP contribution in [0, 0.1) is 0 Å². The molecule has 0 bridgehead atoms. The molecule has 1 atom stereocenters. The van der Waals surface area contributed by atoms with E-state index in [4.69, 9.17) is 11.6 Å². The standard InChI is InChI=1S/C15H18ClN3S/c1-12(13-4-2-3-5-14(13)16)18-7-9-19(10-8-18)15-17-6-11-20-15/h2-6,11-12H,7-10H2,1H3. The van der Waals surface area contributed by atoms with Crippen LogP contribution in [0.15, 0.2) is 35.8 Å². The van der Waals surface area contributed by atoms with E-state index in [2.05, 4.69) is 33.8 Å². The topological polar surface area (TPSA) is 19.4 Å². The quantitative estimate of drug-likeness (QED) is 0.862. The van der Waals surface area contributed by atoms with Crippen molar-refractivity contribution in [3.63, 3.8) is 0 Å². The summed E-state index contributed by atoms with van der Waals surface area (Å²) in [6.07, 6.45) is 1.87. The molecule has 20 heavy (non-hydrogen) atoms. The van der Waals surface area contributed by atoms with Crippen molar-refractivity contribution < 1.29 is 0 Å². The van der Waals surface area contributed by atoms with E-state index in [1.165, 1.54) is 5.56 Å². The lowest BCUT2D eigenvalue weighted by molar-refractivity contribution is 0.198. The SMILES string of the molecule is CC(c1ccccc1Cl)N1CCN(c2nccs2)CC1. The van der Waals surface area contributed by atoms with Gasteiger partial charge in [0.1, 0.15) is 0 Å². The van der Waals surface area contributed by atoms with Gasteiger partial charge in [-0.2, -0.15) is 0 Å². The zero-order chi connectivity index (χ0) is 13.9. The van der Waals surface area contributed by atoms with E-state index in [-0.39, 0.29) is 0 Å². The lowest BCUT2D eigenvalue weighted by Crippen LogP contribution is -2.47. The van der Waals surface area contributed by atoms with Crippen molar-refractivity contribution in [2.24, 2.45) is 0 Å². The molecule has 3 rings (SSSR count). The van der Waals surface area contributed by atoms with E-state index in [1.54, 1.807) is 11.3 Å². The van der Waals surface area contributed by atoms with E-state index < -0.39 is 0 Å². The Bertz CT molecular complexity index is 550. The van der Waals surface area contributed by atoms with Crippen molar-refractivity contribution in [1.82, 2.24) is 9.88 Å². The van der Waals surface area contributed by atoms with Gasteiger partial charge >= 0.3 is 0 Å². The second-order valence-corrected chi connectivity index (χ2v) is 6.32. The minimum Gasteiger partial charge on any atom is -0.346 e. The highest BCUT2D eigenvalue weighted by atomic mass is 35.5. The van der Waals surface area contributed by atoms with Crippen LogP contribution in [0.4, 0.5) is 5.13 Å². The number of aromatic nitrogens is 1. The fourth-order valence-corrected chi connectivity index (χ4v) is 3.67. The largest absolute Gasteiger partial charge is 0.346 e. The Morgan fingerprint density at radius 1 is 1.20 bits per heavy atom. The number of hydrogen-bond donors (Lipinski definition) is 0. The Kier molecular flexibility index (Phi) is 4.24. The molecule has 0 saturated carbocycles. The summed E-state index contributed by atoms with van der Waals surface area (Å²) < 4.78 is 0. The Balaban J connectivity index is 1.65. The van der Waals surface area contributed by atoms with Crippen LogP contribution >= 0.6 is 22.9 Å². The number of benzene rings is 1. The first-order chi connectivity index (χ1) is 9.75. The predicted octanol–water partition coefficient (Wildman–Crippen LogP) is 3.68. The van der Waals surface area contributed by atoms with Gasteiger partial charge in [0.05, 0.1) is 0 Å². The summed E-state index contributed by atoms with van der Waals surface area (Å²) >= 11 is 8.02. The van der Waals surface area contributed by atoms with Crippen molar-refractivity contribution in [1.29, 1.82) is 0 Å². The molecule has 1 saturated heterocycles. The van der Waals surface area contributed by atoms with Crippen LogP contribution in [-0.4, -0.2) is 36.1 Å². The van der Waals surface area contributed by atoms with Gasteiger partial charge in [0.2, 0.25) is 0 Å². The Labute approximate surface area is 128 Å². The molecule has 2 heterocycles. The Morgan fingerprint density at radius 2 is 1.95 bits per heavy atom. The second-order valence-electron chi connectivity index (χ2n) is 5.04. The maximum absolute atomic E-state index is 6.30. The van der Waals surface area contributed by atoms with Gasteiger partial charge in [0.15, 0.2) is 5.13 Å². The van der Waals surface area contributed by atoms with E-state index >= 15 is 0 Å². The van der Waals surface area contributed by atoms with Crippen LogP contribution in [0.5, 0.6) is 0 Å². The molecule has 0 radical (unpaired) electrons. The van der Waals surface area contributed by atoms with Crippen molar-refractivity contribution in [2.45, 2.75) is 13.0 Å². The van der Waals surface area contributed by atoms with Crippen LogP contribution in [0.2, 0.25) is 5.02 Å². The highest BCUT2D eigenvalue weighted by Gasteiger charge is 2.24. The molecule has 0 N–H and O–H groups in total. The fourth-order valence-electron chi connectivity index (χ4n) is 2.68. The van der Waals surface area contributed by atoms with Gasteiger partial charge in [-0.25, -0.2) is 4.98 Å². The van der Waals surface area contributed by atoms with Crippen molar-refractivity contribution >= 4 is 28.1 Å². The zero-order valence-electron chi connectivity index (χ0n) is 11.5. The first-order valence-corrected chi connectivity index (χ1v) is 8.14. The van der Waals surface area contributed by atoms with E-state index in [1.807, 2.05) is 23.7 Å². The van der Waals surface area contributed by atoms with E-state index in [9.17, 15) is 0 Å². The first kappa shape index (κ1) is 13.9. The molecular formula is C15H18ClN3S. The summed E-state index contributed by atoms with van der Waals surface area (Å²) in [7, 11) is 0. The summed E-state index contributed by atoms with van der Waals surface area (Å²) in [5, 5.41) is 4.03. The minimum atomic E-state index is 0.363. The predicted molar refractivity (Wildman–Crippen MR) is 85.8 cm³/mol. The number of nitrogens with zero attached hydrogens (tertiary/aromatic N) is 3. The number of hydrogen-bond acceptors (Lipinski definition) is 4. The number of anilines is 1. The number of piperazine rings is 1. The second kappa shape index (κ2) is 6.12. The summed E-state index contributed by atoms with van der Waals surface area (Å²) in [5.41, 5.74) is 1.22. The summed E-state index contributed by atoms with van der Waals surface area (Å²) in [5.74, 6) is 0. The van der Waals surface area contributed by atoms with Gasteiger partial charge in [0.25, 0.3) is 0 Å². The van der Waals surface area contributed by atoms with Crippen LogP contribution in [0.1, 0.15) is 18.5 Å². The minimum absolute atomic E-state index is 0.363. The van der Waals surface area contributed by atoms with Gasteiger partial charge in [-0.05, 0) is 18.6 Å². The average Bonchev–Trinajstić information content (AvgIpc) is 3.01. The van der Waals surface area contributed by atoms with Crippen LogP contribution in [0.25, 0.3) is 0 Å². The normalized spacial score (nSPS) is 18.2. The molecule has 1 aromatic carbocycles. The smallest absolute Gasteiger partial charge is 0.185 e. The molecule has 3 nitrogen and oxygen atoms in total. The van der Waals surface area contributed by atoms with Gasteiger partial charge in [-0.15, -0.1) is 11.3 Å². The maximum Gasteiger partial charge on any atom is 0.185 e. The molecule has 1 aliphatic heterocycles. The molecule has 106 valence electrons. The van der Waals surface area contributed by atoms with Crippen LogP contribution in [-0.2, 0) is 0 Å². The molecule has 1 aliphatic rings. The van der Waals surface area contributed by atoms with Gasteiger partial charge in [-0.3, -0.25) is 4.90 Å². The van der Waals surface area contributed by atoms with Crippen LogP contribution < -0.4 is 4.90 Å². The van der Waals surface area contributed by atoms with E-state index in [0.717, 1.165) is 36.3 Å². The van der Waals surface area contributed by atoms with Gasteiger partial charge < -0.3 is 4.90 Å². The molecule has 5 heteroatoms. The third-order valence-corrected chi connectivity index (χ3v) is 5.08. The van der Waals surface area contributed by atoms with Crippen molar-refractivity contribution in [3.05, 3.63) is 46.4 Å². The lowest BCUT2D eigenvalue weighted by atomic mass is 10.1. The third-order valence-electron chi connectivity index (χ3n) is 3.91. The van der Waals surface area contributed by atoms with Gasteiger partial charge in [0, 0.05) is 48.8 Å². The highest BCUT2D eigenvalue weighted by molar-refractivity contribution is 7.13. The molecular weight excluding hydrogens is 290 g/mol. The molecule has 0 aliphatic carbocycles. The average molecular weight is 308 g/mol. The third kappa shape index (κ3) is 2.82. The molecule has 1 unspecified atom stereocenters. The van der Waals surface area contributed by atoms with Crippen LogP contribution in [0.3, 0.4) is 0 Å². The molecule has 1 fully saturated rings. The molecule has 1 aromatic heterocycles. The number of halogens is 1. The highest BCUT2D eigenvalue weighted by Crippen LogP contribution is 2.28. The monoisotopic (exact) mass is 307 g/mol. The van der Waals surface area contributed by atoms with Crippen molar-refractivity contribution in [3.8, 4) is 0 Å². The Hall–Kier alpha value is -1.10. The van der Waals surface area contributed by atoms with Gasteiger partial charge in [-0.1, -0.05) is 29.8 Å². The maximum atomic E-state index is 6.30. The van der Waals surface area contributed by atoms with Crippen molar-refractivity contribution in [2.75, 3.05) is 31.1 Å². The summed E-state index contributed by atoms with van der Waals surface area (Å²) in [6, 6.07) is 8.50.